The van der Waals surface area contributed by atoms with E-state index in [0.717, 1.165) is 11.3 Å². The van der Waals surface area contributed by atoms with Crippen molar-refractivity contribution in [3.8, 4) is 5.75 Å². The molecule has 64 valence electrons. The molecule has 0 radical (unpaired) electrons. The molecule has 1 aromatic carbocycles. The fourth-order valence-electron chi connectivity index (χ4n) is 0.626. The Hall–Kier alpha value is 0.0662. The SMILES string of the molecule is Br.[CH2-]c1ccc(OC)cc1.[F-].[Mg+2]. The summed E-state index contributed by atoms with van der Waals surface area (Å²) in [5, 5.41) is 0. The number of hydrogen-bond acceptors (Lipinski definition) is 1. The summed E-state index contributed by atoms with van der Waals surface area (Å²) in [5.74, 6) is 0.877. The van der Waals surface area contributed by atoms with Crippen molar-refractivity contribution < 1.29 is 9.44 Å². The molecule has 0 fully saturated rings. The topological polar surface area (TPSA) is 9.23 Å². The standard InChI is InChI=1S/C8H9O.BrH.FH.Mg/c1-7-3-5-8(9-2)6-4-7;;;/h3-6H,1H2,2H3;2*1H;/q-1;;;+2/p-1. The maximum atomic E-state index is 4.94. The molecule has 0 atom stereocenters. The van der Waals surface area contributed by atoms with Crippen molar-refractivity contribution in [1.29, 1.82) is 0 Å². The van der Waals surface area contributed by atoms with Crippen molar-refractivity contribution in [2.45, 2.75) is 0 Å². The zero-order valence-electron chi connectivity index (χ0n) is 6.92. The molecule has 1 nitrogen and oxygen atoms in total. The Morgan fingerprint density at radius 2 is 1.58 bits per heavy atom. The average Bonchev–Trinajstić information content (AvgIpc) is 1.90. The summed E-state index contributed by atoms with van der Waals surface area (Å²) in [6, 6.07) is 7.61. The molecule has 0 saturated heterocycles. The molecule has 4 heteroatoms. The van der Waals surface area contributed by atoms with Gasteiger partial charge in [-0.25, -0.2) is 0 Å². The molecule has 0 amide bonds. The van der Waals surface area contributed by atoms with Gasteiger partial charge in [0.05, 0.1) is 12.9 Å². The third kappa shape index (κ3) is 5.68. The maximum Gasteiger partial charge on any atom is 2.00 e. The second kappa shape index (κ2) is 9.16. The van der Waals surface area contributed by atoms with E-state index in [1.165, 1.54) is 0 Å². The molecule has 0 unspecified atom stereocenters. The van der Waals surface area contributed by atoms with Crippen LogP contribution in [0.2, 0.25) is 0 Å². The van der Waals surface area contributed by atoms with E-state index in [0.29, 0.717) is 0 Å². The Bertz CT molecular complexity index is 191. The van der Waals surface area contributed by atoms with Gasteiger partial charge in [0.15, 0.2) is 0 Å². The molecule has 0 heterocycles. The minimum absolute atomic E-state index is 0. The van der Waals surface area contributed by atoms with Gasteiger partial charge in [-0.15, -0.1) is 17.0 Å². The van der Waals surface area contributed by atoms with Crippen LogP contribution in [0.3, 0.4) is 0 Å². The van der Waals surface area contributed by atoms with Crippen molar-refractivity contribution in [3.63, 3.8) is 0 Å². The Morgan fingerprint density at radius 1 is 1.17 bits per heavy atom. The van der Waals surface area contributed by atoms with Gasteiger partial charge >= 0.3 is 23.1 Å². The van der Waals surface area contributed by atoms with Gasteiger partial charge in [0.25, 0.3) is 0 Å². The van der Waals surface area contributed by atoms with Crippen LogP contribution in [-0.4, -0.2) is 30.2 Å². The summed E-state index contributed by atoms with van der Waals surface area (Å²) < 4.78 is 4.94. The summed E-state index contributed by atoms with van der Waals surface area (Å²) in [6.07, 6.45) is 0. The molecule has 1 aromatic rings. The first-order valence-electron chi connectivity index (χ1n) is 2.79. The molecule has 0 saturated carbocycles. The van der Waals surface area contributed by atoms with Crippen LogP contribution in [0.25, 0.3) is 0 Å². The van der Waals surface area contributed by atoms with Crippen LogP contribution in [0, 0.1) is 6.92 Å². The van der Waals surface area contributed by atoms with Crippen LogP contribution in [0.5, 0.6) is 5.75 Å². The van der Waals surface area contributed by atoms with Gasteiger partial charge in [-0.05, 0) is 0 Å². The fourth-order valence-corrected chi connectivity index (χ4v) is 0.626. The molecule has 0 aliphatic rings. The Kier molecular flexibility index (Phi) is 13.7. The normalized spacial score (nSPS) is 6.75. The van der Waals surface area contributed by atoms with E-state index in [1.54, 1.807) is 7.11 Å². The molecule has 0 aliphatic heterocycles. The van der Waals surface area contributed by atoms with Crippen molar-refractivity contribution >= 4 is 40.0 Å². The van der Waals surface area contributed by atoms with Crippen LogP contribution in [-0.2, 0) is 0 Å². The third-order valence-corrected chi connectivity index (χ3v) is 1.16. The molecule has 0 N–H and O–H groups in total. The molecule has 0 aromatic heterocycles. The van der Waals surface area contributed by atoms with Gasteiger partial charge in [0.2, 0.25) is 0 Å². The zero-order valence-corrected chi connectivity index (χ0v) is 10.0. The van der Waals surface area contributed by atoms with Crippen molar-refractivity contribution in [2.24, 2.45) is 0 Å². The molecule has 0 spiro atoms. The molecule has 12 heavy (non-hydrogen) atoms. The molecular weight excluding hydrogens is 235 g/mol. The number of benzene rings is 1. The zero-order chi connectivity index (χ0) is 6.69. The summed E-state index contributed by atoms with van der Waals surface area (Å²) in [4.78, 5) is 0. The average molecular weight is 245 g/mol. The van der Waals surface area contributed by atoms with Crippen LogP contribution in [0.15, 0.2) is 24.3 Å². The predicted molar refractivity (Wildman–Crippen MR) is 53.5 cm³/mol. The minimum Gasteiger partial charge on any atom is -1.00 e. The number of ether oxygens (including phenoxy) is 1. The Balaban J connectivity index is -0.000000270. The minimum atomic E-state index is 0. The first-order valence-corrected chi connectivity index (χ1v) is 2.79. The molecule has 1 rings (SSSR count). The summed E-state index contributed by atoms with van der Waals surface area (Å²) >= 11 is 0. The van der Waals surface area contributed by atoms with Gasteiger partial charge in [-0.2, -0.15) is 24.6 Å². The van der Waals surface area contributed by atoms with Gasteiger partial charge in [-0.1, -0.05) is 12.1 Å². The van der Waals surface area contributed by atoms with E-state index < -0.39 is 0 Å². The number of methoxy groups -OCH3 is 1. The van der Waals surface area contributed by atoms with E-state index in [4.69, 9.17) is 4.74 Å². The first-order chi connectivity index (χ1) is 4.33. The largest absolute Gasteiger partial charge is 2.00 e. The van der Waals surface area contributed by atoms with Crippen molar-refractivity contribution in [2.75, 3.05) is 7.11 Å². The third-order valence-electron chi connectivity index (χ3n) is 1.16. The summed E-state index contributed by atoms with van der Waals surface area (Å²) in [7, 11) is 1.65. The van der Waals surface area contributed by atoms with Gasteiger partial charge < -0.3 is 9.44 Å². The summed E-state index contributed by atoms with van der Waals surface area (Å²) in [6.45, 7) is 3.74. The van der Waals surface area contributed by atoms with Crippen LogP contribution < -0.4 is 9.44 Å². The smallest absolute Gasteiger partial charge is 1.00 e. The Morgan fingerprint density at radius 3 is 1.92 bits per heavy atom. The van der Waals surface area contributed by atoms with E-state index in [1.807, 2.05) is 24.3 Å². The van der Waals surface area contributed by atoms with Gasteiger partial charge in [-0.3, -0.25) is 0 Å². The first kappa shape index (κ1) is 18.0. The molecule has 0 aliphatic carbocycles. The maximum absolute atomic E-state index is 4.94. The quantitative estimate of drug-likeness (QED) is 0.459. The van der Waals surface area contributed by atoms with Crippen LogP contribution in [0.4, 0.5) is 0 Å². The van der Waals surface area contributed by atoms with E-state index in [-0.39, 0.29) is 44.7 Å². The fraction of sp³-hybridized carbons (Fsp3) is 0.125. The van der Waals surface area contributed by atoms with Crippen molar-refractivity contribution in [1.82, 2.24) is 0 Å². The van der Waals surface area contributed by atoms with E-state index in [9.17, 15) is 0 Å². The Labute approximate surface area is 98.8 Å². The predicted octanol–water partition coefficient (Wildman–Crippen LogP) is -0.922. The van der Waals surface area contributed by atoms with Gasteiger partial charge in [0, 0.05) is 0 Å². The van der Waals surface area contributed by atoms with Gasteiger partial charge in [0.1, 0.15) is 0 Å². The number of halogens is 2. The van der Waals surface area contributed by atoms with E-state index >= 15 is 0 Å². The molecular formula is C8H10BrFMgO. The van der Waals surface area contributed by atoms with E-state index in [2.05, 4.69) is 6.92 Å². The van der Waals surface area contributed by atoms with Crippen molar-refractivity contribution in [3.05, 3.63) is 36.8 Å². The number of rotatable bonds is 1. The van der Waals surface area contributed by atoms with Crippen LogP contribution >= 0.6 is 17.0 Å². The summed E-state index contributed by atoms with van der Waals surface area (Å²) in [5.41, 5.74) is 1.01. The monoisotopic (exact) mass is 244 g/mol. The van der Waals surface area contributed by atoms with Crippen LogP contribution in [0.1, 0.15) is 5.56 Å². The second-order valence-corrected chi connectivity index (χ2v) is 1.85. The second-order valence-electron chi connectivity index (χ2n) is 1.85. The number of hydrogen-bond donors (Lipinski definition) is 0. The molecule has 0 bridgehead atoms.